The van der Waals surface area contributed by atoms with E-state index in [1.165, 1.54) is 23.2 Å². The standard InChI is InChI=1S/C25H29NO/c1-3-4-19-26(24-13-9-6-10-14-24)21(2)27-25-17-15-23(16-18-25)20-22-11-7-5-8-12-22/h5-18,21H,3-4,19-20H2,1-2H3. The summed E-state index contributed by atoms with van der Waals surface area (Å²) in [6.07, 6.45) is 3.26. The Morgan fingerprint density at radius 2 is 1.37 bits per heavy atom. The summed E-state index contributed by atoms with van der Waals surface area (Å²) in [6.45, 7) is 5.34. The van der Waals surface area contributed by atoms with Gasteiger partial charge in [0.2, 0.25) is 0 Å². The molecular formula is C25H29NO. The lowest BCUT2D eigenvalue weighted by atomic mass is 10.1. The lowest BCUT2D eigenvalue weighted by Gasteiger charge is -2.31. The fourth-order valence-electron chi connectivity index (χ4n) is 3.25. The van der Waals surface area contributed by atoms with Crippen molar-refractivity contribution in [1.82, 2.24) is 0 Å². The smallest absolute Gasteiger partial charge is 0.169 e. The zero-order chi connectivity index (χ0) is 18.9. The molecule has 0 aliphatic rings. The van der Waals surface area contributed by atoms with Crippen LogP contribution < -0.4 is 9.64 Å². The Morgan fingerprint density at radius 1 is 0.778 bits per heavy atom. The Kier molecular flexibility index (Phi) is 6.92. The highest BCUT2D eigenvalue weighted by atomic mass is 16.5. The lowest BCUT2D eigenvalue weighted by Crippen LogP contribution is -2.38. The van der Waals surface area contributed by atoms with Crippen molar-refractivity contribution in [1.29, 1.82) is 0 Å². The van der Waals surface area contributed by atoms with Gasteiger partial charge in [-0.25, -0.2) is 0 Å². The molecule has 3 aromatic carbocycles. The van der Waals surface area contributed by atoms with E-state index in [1.807, 2.05) is 0 Å². The van der Waals surface area contributed by atoms with Crippen molar-refractivity contribution in [3.8, 4) is 5.75 Å². The molecule has 0 saturated heterocycles. The van der Waals surface area contributed by atoms with Crippen molar-refractivity contribution >= 4 is 5.69 Å². The fourth-order valence-corrected chi connectivity index (χ4v) is 3.25. The van der Waals surface area contributed by atoms with Crippen molar-refractivity contribution in [3.63, 3.8) is 0 Å². The first-order valence-corrected chi connectivity index (χ1v) is 9.87. The summed E-state index contributed by atoms with van der Waals surface area (Å²) in [5.74, 6) is 0.914. The fraction of sp³-hybridized carbons (Fsp3) is 0.280. The van der Waals surface area contributed by atoms with Gasteiger partial charge in [-0.1, -0.05) is 74.0 Å². The molecule has 0 amide bonds. The third-order valence-corrected chi connectivity index (χ3v) is 4.76. The number of unbranched alkanes of at least 4 members (excludes halogenated alkanes) is 1. The quantitative estimate of drug-likeness (QED) is 0.415. The predicted octanol–water partition coefficient (Wildman–Crippen LogP) is 6.31. The SMILES string of the molecule is CCCCN(c1ccccc1)C(C)Oc1ccc(Cc2ccccc2)cc1. The maximum atomic E-state index is 6.26. The number of ether oxygens (including phenoxy) is 1. The first-order valence-electron chi connectivity index (χ1n) is 9.87. The average Bonchev–Trinajstić information content (AvgIpc) is 2.71. The van der Waals surface area contributed by atoms with E-state index in [9.17, 15) is 0 Å². The van der Waals surface area contributed by atoms with E-state index < -0.39 is 0 Å². The number of rotatable bonds is 9. The summed E-state index contributed by atoms with van der Waals surface area (Å²) in [7, 11) is 0. The molecule has 1 unspecified atom stereocenters. The second-order valence-electron chi connectivity index (χ2n) is 6.91. The molecule has 27 heavy (non-hydrogen) atoms. The van der Waals surface area contributed by atoms with E-state index in [-0.39, 0.29) is 6.23 Å². The minimum absolute atomic E-state index is 0.0149. The number of nitrogens with zero attached hydrogens (tertiary/aromatic N) is 1. The molecule has 0 aliphatic carbocycles. The van der Waals surface area contributed by atoms with Crippen LogP contribution in [0.25, 0.3) is 0 Å². The zero-order valence-electron chi connectivity index (χ0n) is 16.3. The van der Waals surface area contributed by atoms with Crippen LogP contribution in [-0.4, -0.2) is 12.8 Å². The zero-order valence-corrected chi connectivity index (χ0v) is 16.3. The topological polar surface area (TPSA) is 12.5 Å². The van der Waals surface area contributed by atoms with E-state index in [1.54, 1.807) is 0 Å². The summed E-state index contributed by atoms with van der Waals surface area (Å²) in [4.78, 5) is 2.33. The second-order valence-corrected chi connectivity index (χ2v) is 6.91. The van der Waals surface area contributed by atoms with Crippen molar-refractivity contribution in [2.45, 2.75) is 39.3 Å². The molecule has 140 valence electrons. The van der Waals surface area contributed by atoms with Gasteiger partial charge < -0.3 is 9.64 Å². The van der Waals surface area contributed by atoms with Gasteiger partial charge in [0.1, 0.15) is 5.75 Å². The Balaban J connectivity index is 1.65. The van der Waals surface area contributed by atoms with Gasteiger partial charge >= 0.3 is 0 Å². The molecule has 3 rings (SSSR count). The first-order chi connectivity index (χ1) is 13.3. The van der Waals surface area contributed by atoms with Crippen LogP contribution in [0.1, 0.15) is 37.8 Å². The van der Waals surface area contributed by atoms with Gasteiger partial charge in [-0.05, 0) is 55.2 Å². The Bertz CT molecular complexity index is 784. The van der Waals surface area contributed by atoms with Crippen LogP contribution >= 0.6 is 0 Å². The highest BCUT2D eigenvalue weighted by molar-refractivity contribution is 5.46. The molecule has 0 bridgehead atoms. The Labute approximate surface area is 163 Å². The average molecular weight is 360 g/mol. The Morgan fingerprint density at radius 3 is 2.00 bits per heavy atom. The molecule has 0 heterocycles. The predicted molar refractivity (Wildman–Crippen MR) is 114 cm³/mol. The summed E-state index contributed by atoms with van der Waals surface area (Å²) in [5, 5.41) is 0. The van der Waals surface area contributed by atoms with E-state index in [0.29, 0.717) is 0 Å². The van der Waals surface area contributed by atoms with E-state index in [4.69, 9.17) is 4.74 Å². The lowest BCUT2D eigenvalue weighted by molar-refractivity contribution is 0.214. The monoisotopic (exact) mass is 359 g/mol. The van der Waals surface area contributed by atoms with Gasteiger partial charge in [-0.3, -0.25) is 0 Å². The molecule has 3 aromatic rings. The summed E-state index contributed by atoms with van der Waals surface area (Å²) in [5.41, 5.74) is 3.83. The highest BCUT2D eigenvalue weighted by Crippen LogP contribution is 2.21. The highest BCUT2D eigenvalue weighted by Gasteiger charge is 2.15. The summed E-state index contributed by atoms with van der Waals surface area (Å²) < 4.78 is 6.26. The van der Waals surface area contributed by atoms with Gasteiger partial charge in [0.25, 0.3) is 0 Å². The van der Waals surface area contributed by atoms with Crippen molar-refractivity contribution in [3.05, 3.63) is 96.1 Å². The van der Waals surface area contributed by atoms with Crippen LogP contribution in [0.3, 0.4) is 0 Å². The van der Waals surface area contributed by atoms with E-state index in [2.05, 4.69) is 104 Å². The summed E-state index contributed by atoms with van der Waals surface area (Å²) in [6, 6.07) is 29.6. The molecule has 0 saturated carbocycles. The second kappa shape index (κ2) is 9.82. The first kappa shape index (κ1) is 19.0. The minimum atomic E-state index is -0.0149. The molecule has 0 spiro atoms. The third kappa shape index (κ3) is 5.62. The number of hydrogen-bond acceptors (Lipinski definition) is 2. The number of anilines is 1. The maximum absolute atomic E-state index is 6.26. The van der Waals surface area contributed by atoms with Crippen molar-refractivity contribution < 1.29 is 4.74 Å². The van der Waals surface area contributed by atoms with Crippen molar-refractivity contribution in [2.75, 3.05) is 11.4 Å². The molecular weight excluding hydrogens is 330 g/mol. The number of para-hydroxylation sites is 1. The van der Waals surface area contributed by atoms with Crippen molar-refractivity contribution in [2.24, 2.45) is 0 Å². The third-order valence-electron chi connectivity index (χ3n) is 4.76. The van der Waals surface area contributed by atoms with Crippen LogP contribution in [0.5, 0.6) is 5.75 Å². The molecule has 0 aromatic heterocycles. The van der Waals surface area contributed by atoms with Gasteiger partial charge in [0.15, 0.2) is 6.23 Å². The number of benzene rings is 3. The van der Waals surface area contributed by atoms with E-state index >= 15 is 0 Å². The molecule has 0 radical (unpaired) electrons. The van der Waals surface area contributed by atoms with Crippen LogP contribution in [0, 0.1) is 0 Å². The minimum Gasteiger partial charge on any atom is -0.471 e. The van der Waals surface area contributed by atoms with Crippen LogP contribution in [-0.2, 0) is 6.42 Å². The molecule has 0 N–H and O–H groups in total. The molecule has 0 fully saturated rings. The molecule has 2 nitrogen and oxygen atoms in total. The maximum Gasteiger partial charge on any atom is 0.169 e. The Hall–Kier alpha value is -2.74. The van der Waals surface area contributed by atoms with Gasteiger partial charge in [-0.15, -0.1) is 0 Å². The normalized spacial score (nSPS) is 11.8. The van der Waals surface area contributed by atoms with Crippen LogP contribution in [0.4, 0.5) is 5.69 Å². The molecule has 2 heteroatoms. The molecule has 1 atom stereocenters. The van der Waals surface area contributed by atoms with Gasteiger partial charge in [0.05, 0.1) is 0 Å². The van der Waals surface area contributed by atoms with Crippen LogP contribution in [0.15, 0.2) is 84.9 Å². The van der Waals surface area contributed by atoms with E-state index in [0.717, 1.165) is 25.1 Å². The number of hydrogen-bond donors (Lipinski definition) is 0. The van der Waals surface area contributed by atoms with Crippen LogP contribution in [0.2, 0.25) is 0 Å². The van der Waals surface area contributed by atoms with Gasteiger partial charge in [-0.2, -0.15) is 0 Å². The molecule has 0 aliphatic heterocycles. The summed E-state index contributed by atoms with van der Waals surface area (Å²) >= 11 is 0. The largest absolute Gasteiger partial charge is 0.471 e. The van der Waals surface area contributed by atoms with Gasteiger partial charge in [0, 0.05) is 12.2 Å².